The van der Waals surface area contributed by atoms with Gasteiger partial charge in [0.1, 0.15) is 17.9 Å². The van der Waals surface area contributed by atoms with E-state index in [4.69, 9.17) is 9.47 Å². The Morgan fingerprint density at radius 3 is 2.58 bits per heavy atom. The van der Waals surface area contributed by atoms with Crippen LogP contribution in [0.5, 0.6) is 0 Å². The second-order valence-corrected chi connectivity index (χ2v) is 8.98. The molecule has 3 rings (SSSR count). The number of ether oxygens (including phenoxy) is 2. The van der Waals surface area contributed by atoms with Crippen molar-refractivity contribution in [1.82, 2.24) is 20.3 Å². The van der Waals surface area contributed by atoms with Gasteiger partial charge in [-0.3, -0.25) is 0 Å². The standard InChI is InChI=1S/C22H23IN4O4/c1-22(2,3)31-21(29)24-12-17-13-27(26-25-17)19-10-9-16(23)11-18(19)20(28)30-14-15-7-5-4-6-8-15/h4-11,13H,12,14H2,1-3H3,(H,24,29). The number of amides is 1. The minimum atomic E-state index is -0.585. The van der Waals surface area contributed by atoms with Crippen LogP contribution in [0.2, 0.25) is 0 Å². The molecule has 31 heavy (non-hydrogen) atoms. The highest BCUT2D eigenvalue weighted by Crippen LogP contribution is 2.19. The molecule has 0 aliphatic heterocycles. The first-order chi connectivity index (χ1) is 14.7. The number of aromatic nitrogens is 3. The van der Waals surface area contributed by atoms with Crippen molar-refractivity contribution in [3.05, 3.63) is 75.1 Å². The van der Waals surface area contributed by atoms with Crippen LogP contribution < -0.4 is 5.32 Å². The second-order valence-electron chi connectivity index (χ2n) is 7.73. The summed E-state index contributed by atoms with van der Waals surface area (Å²) in [6, 6.07) is 14.9. The molecule has 0 bridgehead atoms. The van der Waals surface area contributed by atoms with Gasteiger partial charge < -0.3 is 14.8 Å². The van der Waals surface area contributed by atoms with E-state index in [0.717, 1.165) is 9.13 Å². The van der Waals surface area contributed by atoms with Gasteiger partial charge in [-0.25, -0.2) is 14.3 Å². The molecule has 9 heteroatoms. The van der Waals surface area contributed by atoms with E-state index >= 15 is 0 Å². The van der Waals surface area contributed by atoms with Crippen molar-refractivity contribution < 1.29 is 19.1 Å². The third-order valence-electron chi connectivity index (χ3n) is 3.99. The quantitative estimate of drug-likeness (QED) is 0.376. The molecule has 1 aromatic heterocycles. The molecule has 0 spiro atoms. The third-order valence-corrected chi connectivity index (χ3v) is 4.66. The van der Waals surface area contributed by atoms with E-state index in [2.05, 4.69) is 38.2 Å². The largest absolute Gasteiger partial charge is 0.457 e. The second kappa shape index (κ2) is 9.90. The molecular formula is C22H23IN4O4. The highest BCUT2D eigenvalue weighted by atomic mass is 127. The van der Waals surface area contributed by atoms with Gasteiger partial charge in [0.05, 0.1) is 24.0 Å². The molecule has 2 aromatic carbocycles. The van der Waals surface area contributed by atoms with Crippen LogP contribution in [0.25, 0.3) is 5.69 Å². The van der Waals surface area contributed by atoms with Gasteiger partial charge in [-0.2, -0.15) is 0 Å². The Hall–Kier alpha value is -2.95. The first kappa shape index (κ1) is 22.7. The molecule has 0 radical (unpaired) electrons. The van der Waals surface area contributed by atoms with Crippen LogP contribution >= 0.6 is 22.6 Å². The van der Waals surface area contributed by atoms with Gasteiger partial charge in [0.25, 0.3) is 0 Å². The fraction of sp³-hybridized carbons (Fsp3) is 0.273. The zero-order valence-electron chi connectivity index (χ0n) is 17.5. The van der Waals surface area contributed by atoms with Crippen molar-refractivity contribution in [2.24, 2.45) is 0 Å². The average molecular weight is 534 g/mol. The lowest BCUT2D eigenvalue weighted by Gasteiger charge is -2.19. The summed E-state index contributed by atoms with van der Waals surface area (Å²) >= 11 is 2.14. The van der Waals surface area contributed by atoms with Crippen molar-refractivity contribution in [3.8, 4) is 5.69 Å². The molecule has 162 valence electrons. The first-order valence-electron chi connectivity index (χ1n) is 9.60. The SMILES string of the molecule is CC(C)(C)OC(=O)NCc1cn(-c2ccc(I)cc2C(=O)OCc2ccccc2)nn1. The molecule has 0 aliphatic rings. The summed E-state index contributed by atoms with van der Waals surface area (Å²) in [7, 11) is 0. The Morgan fingerprint density at radius 2 is 1.87 bits per heavy atom. The van der Waals surface area contributed by atoms with Gasteiger partial charge in [0.15, 0.2) is 0 Å². The summed E-state index contributed by atoms with van der Waals surface area (Å²) < 4.78 is 13.1. The minimum absolute atomic E-state index is 0.146. The fourth-order valence-corrected chi connectivity index (χ4v) is 3.14. The molecule has 0 saturated heterocycles. The Bertz CT molecular complexity index is 1060. The third kappa shape index (κ3) is 6.78. The maximum atomic E-state index is 12.8. The van der Waals surface area contributed by atoms with Gasteiger partial charge in [-0.15, -0.1) is 5.10 Å². The number of hydrogen-bond acceptors (Lipinski definition) is 6. The van der Waals surface area contributed by atoms with E-state index in [1.54, 1.807) is 39.1 Å². The van der Waals surface area contributed by atoms with E-state index in [1.165, 1.54) is 4.68 Å². The van der Waals surface area contributed by atoms with Crippen molar-refractivity contribution in [2.75, 3.05) is 0 Å². The molecular weight excluding hydrogens is 511 g/mol. The molecule has 0 saturated carbocycles. The Balaban J connectivity index is 1.71. The first-order valence-corrected chi connectivity index (χ1v) is 10.7. The van der Waals surface area contributed by atoms with Crippen LogP contribution in [-0.2, 0) is 22.6 Å². The lowest BCUT2D eigenvalue weighted by Crippen LogP contribution is -2.32. The van der Waals surface area contributed by atoms with Crippen LogP contribution in [0.15, 0.2) is 54.7 Å². The Kier molecular flexibility index (Phi) is 7.26. The zero-order chi connectivity index (χ0) is 22.4. The zero-order valence-corrected chi connectivity index (χ0v) is 19.6. The van der Waals surface area contributed by atoms with Crippen LogP contribution in [0, 0.1) is 3.57 Å². The lowest BCUT2D eigenvalue weighted by atomic mass is 10.2. The van der Waals surface area contributed by atoms with Crippen molar-refractivity contribution in [2.45, 2.75) is 39.5 Å². The molecule has 0 atom stereocenters. The minimum Gasteiger partial charge on any atom is -0.457 e. The van der Waals surface area contributed by atoms with Crippen LogP contribution in [0.3, 0.4) is 0 Å². The molecule has 0 fully saturated rings. The predicted molar refractivity (Wildman–Crippen MR) is 123 cm³/mol. The van der Waals surface area contributed by atoms with Gasteiger partial charge in [-0.1, -0.05) is 35.5 Å². The van der Waals surface area contributed by atoms with Gasteiger partial charge in [0.2, 0.25) is 0 Å². The summed E-state index contributed by atoms with van der Waals surface area (Å²) in [6.07, 6.45) is 1.11. The molecule has 1 heterocycles. The van der Waals surface area contributed by atoms with Crippen LogP contribution in [-0.4, -0.2) is 32.7 Å². The van der Waals surface area contributed by atoms with Crippen molar-refractivity contribution >= 4 is 34.7 Å². The molecule has 3 aromatic rings. The number of halogens is 1. The van der Waals surface area contributed by atoms with E-state index in [-0.39, 0.29) is 13.2 Å². The number of carbonyl (C=O) groups is 2. The number of esters is 1. The van der Waals surface area contributed by atoms with E-state index in [9.17, 15) is 9.59 Å². The highest BCUT2D eigenvalue weighted by Gasteiger charge is 2.18. The summed E-state index contributed by atoms with van der Waals surface area (Å²) in [5.74, 6) is -0.457. The topological polar surface area (TPSA) is 95.3 Å². The number of nitrogens with zero attached hydrogens (tertiary/aromatic N) is 3. The number of rotatable bonds is 6. The fourth-order valence-electron chi connectivity index (χ4n) is 2.65. The summed E-state index contributed by atoms with van der Waals surface area (Å²) in [6.45, 7) is 5.69. The smallest absolute Gasteiger partial charge is 0.407 e. The van der Waals surface area contributed by atoms with Crippen molar-refractivity contribution in [3.63, 3.8) is 0 Å². The normalized spacial score (nSPS) is 11.1. The molecule has 1 amide bonds. The van der Waals surface area contributed by atoms with Crippen LogP contribution in [0.4, 0.5) is 4.79 Å². The van der Waals surface area contributed by atoms with Crippen molar-refractivity contribution in [1.29, 1.82) is 0 Å². The summed E-state index contributed by atoms with van der Waals surface area (Å²) in [4.78, 5) is 24.6. The lowest BCUT2D eigenvalue weighted by molar-refractivity contribution is 0.0470. The number of benzene rings is 2. The number of carbonyl (C=O) groups excluding carboxylic acids is 2. The number of alkyl carbamates (subject to hydrolysis) is 1. The number of hydrogen-bond donors (Lipinski definition) is 1. The highest BCUT2D eigenvalue weighted by molar-refractivity contribution is 14.1. The monoisotopic (exact) mass is 534 g/mol. The van der Waals surface area contributed by atoms with Gasteiger partial charge in [-0.05, 0) is 67.1 Å². The maximum absolute atomic E-state index is 12.8. The summed E-state index contributed by atoms with van der Waals surface area (Å²) in [5.41, 5.74) is 1.75. The Labute approximate surface area is 194 Å². The van der Waals surface area contributed by atoms with E-state index in [1.807, 2.05) is 36.4 Å². The van der Waals surface area contributed by atoms with E-state index in [0.29, 0.717) is 16.9 Å². The molecule has 0 unspecified atom stereocenters. The van der Waals surface area contributed by atoms with Gasteiger partial charge in [0, 0.05) is 3.57 Å². The van der Waals surface area contributed by atoms with Crippen LogP contribution in [0.1, 0.15) is 42.4 Å². The van der Waals surface area contributed by atoms with E-state index < -0.39 is 17.7 Å². The number of nitrogens with one attached hydrogen (secondary N) is 1. The average Bonchev–Trinajstić information content (AvgIpc) is 3.19. The molecule has 8 nitrogen and oxygen atoms in total. The molecule has 1 N–H and O–H groups in total. The van der Waals surface area contributed by atoms with Gasteiger partial charge >= 0.3 is 12.1 Å². The molecule has 0 aliphatic carbocycles. The predicted octanol–water partition coefficient (Wildman–Crippen LogP) is 4.25. The maximum Gasteiger partial charge on any atom is 0.407 e. The summed E-state index contributed by atoms with van der Waals surface area (Å²) in [5, 5.41) is 10.8. The Morgan fingerprint density at radius 1 is 1.13 bits per heavy atom.